The number of fused-ring (bicyclic) bond motifs is 2. The van der Waals surface area contributed by atoms with Crippen LogP contribution in [0.5, 0.6) is 0 Å². The number of hydrogen-bond acceptors (Lipinski definition) is 4. The predicted molar refractivity (Wildman–Crippen MR) is 120 cm³/mol. The summed E-state index contributed by atoms with van der Waals surface area (Å²) in [6.07, 6.45) is 4.41. The van der Waals surface area contributed by atoms with E-state index in [9.17, 15) is 9.59 Å². The van der Waals surface area contributed by atoms with E-state index in [1.165, 1.54) is 24.2 Å². The molecule has 1 aromatic carbocycles. The molecule has 1 atom stereocenters. The second-order valence-electron chi connectivity index (χ2n) is 6.98. The van der Waals surface area contributed by atoms with Crippen LogP contribution < -0.4 is 16.4 Å². The van der Waals surface area contributed by atoms with Gasteiger partial charge in [0.05, 0.1) is 5.56 Å². The topological polar surface area (TPSA) is 87.5 Å². The molecular formula is C21H27ClN4O2S. The smallest absolute Gasteiger partial charge is 0.324 e. The highest BCUT2D eigenvalue weighted by atomic mass is 35.5. The highest BCUT2D eigenvalue weighted by Crippen LogP contribution is 2.40. The molecule has 8 heteroatoms. The third kappa shape index (κ3) is 4.91. The van der Waals surface area contributed by atoms with Gasteiger partial charge in [-0.05, 0) is 55.6 Å². The molecule has 1 unspecified atom stereocenters. The van der Waals surface area contributed by atoms with Crippen LogP contribution in [0.1, 0.15) is 53.9 Å². The molecule has 3 heterocycles. The van der Waals surface area contributed by atoms with Gasteiger partial charge < -0.3 is 11.1 Å². The number of thiophene rings is 1. The van der Waals surface area contributed by atoms with E-state index in [0.717, 1.165) is 36.4 Å². The molecule has 29 heavy (non-hydrogen) atoms. The number of amides is 3. The van der Waals surface area contributed by atoms with Crippen LogP contribution in [-0.2, 0) is 13.0 Å². The molecule has 3 amide bonds. The average Bonchev–Trinajstić information content (AvgIpc) is 3.06. The highest BCUT2D eigenvalue weighted by Gasteiger charge is 2.34. The molecule has 6 nitrogen and oxygen atoms in total. The Bertz CT molecular complexity index is 882. The number of carbonyl (C=O) groups is 2. The van der Waals surface area contributed by atoms with Gasteiger partial charge in [0.15, 0.2) is 0 Å². The van der Waals surface area contributed by atoms with Crippen molar-refractivity contribution in [3.63, 3.8) is 0 Å². The first-order valence-electron chi connectivity index (χ1n) is 10.0. The van der Waals surface area contributed by atoms with Crippen molar-refractivity contribution >= 4 is 45.6 Å². The fraction of sp³-hybridized carbons (Fsp3) is 0.429. The number of urea groups is 1. The van der Waals surface area contributed by atoms with Crippen molar-refractivity contribution in [3.05, 3.63) is 45.3 Å². The standard InChI is InChI=1S/C19H21ClN4O2S.C2H6/c20-11-4-6-12(7-5-11)22-19(26)23-18-16(17(21)25)14-9-13-3-1-2-8-24(13)10-15(14)27-18;1-2/h4-7,13H,1-3,8-10H2,(H2,21,25)(H2,22,23,26);1-2H3. The number of piperidine rings is 1. The fourth-order valence-electron chi connectivity index (χ4n) is 3.92. The van der Waals surface area contributed by atoms with Crippen molar-refractivity contribution < 1.29 is 9.59 Å². The third-order valence-electron chi connectivity index (χ3n) is 5.20. The maximum absolute atomic E-state index is 12.4. The van der Waals surface area contributed by atoms with E-state index >= 15 is 0 Å². The summed E-state index contributed by atoms with van der Waals surface area (Å²) in [4.78, 5) is 28.1. The van der Waals surface area contributed by atoms with E-state index in [4.69, 9.17) is 17.3 Å². The van der Waals surface area contributed by atoms with Crippen molar-refractivity contribution in [1.82, 2.24) is 4.90 Å². The Balaban J connectivity index is 0.00000117. The number of carbonyl (C=O) groups excluding carboxylic acids is 2. The molecule has 0 bridgehead atoms. The molecule has 1 saturated heterocycles. The number of anilines is 2. The molecule has 0 spiro atoms. The zero-order valence-electron chi connectivity index (χ0n) is 16.8. The summed E-state index contributed by atoms with van der Waals surface area (Å²) in [5.74, 6) is -0.487. The number of nitrogens with two attached hydrogens (primary N) is 1. The maximum Gasteiger partial charge on any atom is 0.324 e. The SMILES string of the molecule is CC.NC(=O)c1c(NC(=O)Nc2ccc(Cl)cc2)sc2c1CC1CCCCN1C2. The average molecular weight is 435 g/mol. The van der Waals surface area contributed by atoms with Gasteiger partial charge in [-0.1, -0.05) is 31.9 Å². The first-order valence-corrected chi connectivity index (χ1v) is 11.2. The van der Waals surface area contributed by atoms with E-state index in [-0.39, 0.29) is 0 Å². The Morgan fingerprint density at radius 1 is 1.17 bits per heavy atom. The molecule has 2 aliphatic rings. The van der Waals surface area contributed by atoms with Gasteiger partial charge in [0.2, 0.25) is 0 Å². The van der Waals surface area contributed by atoms with Crippen molar-refractivity contribution in [2.75, 3.05) is 17.2 Å². The van der Waals surface area contributed by atoms with Gasteiger partial charge in [0.1, 0.15) is 5.00 Å². The summed E-state index contributed by atoms with van der Waals surface area (Å²) in [5.41, 5.74) is 7.76. The first-order chi connectivity index (χ1) is 14.0. The zero-order valence-corrected chi connectivity index (χ0v) is 18.3. The second-order valence-corrected chi connectivity index (χ2v) is 8.52. The molecule has 0 radical (unpaired) electrons. The molecule has 2 aromatic rings. The van der Waals surface area contributed by atoms with Gasteiger partial charge in [0, 0.05) is 28.2 Å². The lowest BCUT2D eigenvalue weighted by atomic mass is 9.90. The van der Waals surface area contributed by atoms with E-state index < -0.39 is 11.9 Å². The molecule has 156 valence electrons. The molecule has 2 aliphatic heterocycles. The minimum atomic E-state index is -0.487. The van der Waals surface area contributed by atoms with Gasteiger partial charge >= 0.3 is 6.03 Å². The zero-order chi connectivity index (χ0) is 21.0. The molecule has 1 aromatic heterocycles. The summed E-state index contributed by atoms with van der Waals surface area (Å²) in [7, 11) is 0. The number of rotatable bonds is 3. The van der Waals surface area contributed by atoms with Crippen LogP contribution in [0.2, 0.25) is 5.02 Å². The monoisotopic (exact) mass is 434 g/mol. The lowest BCUT2D eigenvalue weighted by molar-refractivity contribution is 0.0995. The van der Waals surface area contributed by atoms with Crippen LogP contribution in [0.4, 0.5) is 15.5 Å². The van der Waals surface area contributed by atoms with E-state index in [1.54, 1.807) is 24.3 Å². The molecule has 1 fully saturated rings. The van der Waals surface area contributed by atoms with Crippen LogP contribution in [0.25, 0.3) is 0 Å². The van der Waals surface area contributed by atoms with Gasteiger partial charge in [-0.15, -0.1) is 11.3 Å². The van der Waals surface area contributed by atoms with E-state index in [0.29, 0.717) is 27.3 Å². The number of halogens is 1. The molecule has 4 rings (SSSR count). The number of primary amides is 1. The Labute approximate surface area is 180 Å². The summed E-state index contributed by atoms with van der Waals surface area (Å²) < 4.78 is 0. The van der Waals surface area contributed by atoms with Crippen molar-refractivity contribution in [3.8, 4) is 0 Å². The summed E-state index contributed by atoms with van der Waals surface area (Å²) in [5, 5.41) is 6.68. The minimum absolute atomic E-state index is 0.406. The Morgan fingerprint density at radius 2 is 1.90 bits per heavy atom. The summed E-state index contributed by atoms with van der Waals surface area (Å²) in [6, 6.07) is 6.90. The Kier molecular flexibility index (Phi) is 7.16. The summed E-state index contributed by atoms with van der Waals surface area (Å²) >= 11 is 7.31. The predicted octanol–water partition coefficient (Wildman–Crippen LogP) is 5.08. The first kappa shape index (κ1) is 21.6. The van der Waals surface area contributed by atoms with Crippen LogP contribution in [0.15, 0.2) is 24.3 Å². The highest BCUT2D eigenvalue weighted by molar-refractivity contribution is 7.17. The largest absolute Gasteiger partial charge is 0.365 e. The maximum atomic E-state index is 12.4. The molecule has 0 saturated carbocycles. The van der Waals surface area contributed by atoms with Crippen LogP contribution in [0.3, 0.4) is 0 Å². The summed E-state index contributed by atoms with van der Waals surface area (Å²) in [6.45, 7) is 5.92. The molecular weight excluding hydrogens is 408 g/mol. The van der Waals surface area contributed by atoms with Crippen molar-refractivity contribution in [2.45, 2.75) is 52.1 Å². The number of nitrogens with zero attached hydrogens (tertiary/aromatic N) is 1. The normalized spacial score (nSPS) is 18.0. The van der Waals surface area contributed by atoms with Gasteiger partial charge in [-0.2, -0.15) is 0 Å². The number of benzene rings is 1. The van der Waals surface area contributed by atoms with Gasteiger partial charge in [-0.3, -0.25) is 15.0 Å². The fourth-order valence-corrected chi connectivity index (χ4v) is 5.30. The van der Waals surface area contributed by atoms with Gasteiger partial charge in [-0.25, -0.2) is 4.79 Å². The number of hydrogen-bond donors (Lipinski definition) is 3. The van der Waals surface area contributed by atoms with Crippen molar-refractivity contribution in [1.29, 1.82) is 0 Å². The van der Waals surface area contributed by atoms with Crippen LogP contribution >= 0.6 is 22.9 Å². The minimum Gasteiger partial charge on any atom is -0.365 e. The van der Waals surface area contributed by atoms with Crippen molar-refractivity contribution in [2.24, 2.45) is 5.73 Å². The second kappa shape index (κ2) is 9.61. The van der Waals surface area contributed by atoms with E-state index in [1.807, 2.05) is 13.8 Å². The van der Waals surface area contributed by atoms with Crippen LogP contribution in [0, 0.1) is 0 Å². The Morgan fingerprint density at radius 3 is 2.59 bits per heavy atom. The molecule has 0 aliphatic carbocycles. The third-order valence-corrected chi connectivity index (χ3v) is 6.59. The van der Waals surface area contributed by atoms with Gasteiger partial charge in [0.25, 0.3) is 5.91 Å². The van der Waals surface area contributed by atoms with E-state index in [2.05, 4.69) is 15.5 Å². The lowest BCUT2D eigenvalue weighted by Crippen LogP contribution is -2.43. The van der Waals surface area contributed by atoms with Crippen LogP contribution in [-0.4, -0.2) is 29.4 Å². The lowest BCUT2D eigenvalue weighted by Gasteiger charge is -2.39. The molecule has 4 N–H and O–H groups in total. The quantitative estimate of drug-likeness (QED) is 0.629. The number of nitrogens with one attached hydrogen (secondary N) is 2. The Hall–Kier alpha value is -2.09.